The Balaban J connectivity index is 1.65. The molecule has 1 aromatic carbocycles. The van der Waals surface area contributed by atoms with Crippen molar-refractivity contribution in [2.45, 2.75) is 63.3 Å². The van der Waals surface area contributed by atoms with Crippen molar-refractivity contribution in [3.05, 3.63) is 29.8 Å². The summed E-state index contributed by atoms with van der Waals surface area (Å²) in [5, 5.41) is 3.73. The van der Waals surface area contributed by atoms with E-state index in [-0.39, 0.29) is 0 Å². The van der Waals surface area contributed by atoms with E-state index in [1.54, 1.807) is 0 Å². The summed E-state index contributed by atoms with van der Waals surface area (Å²) in [6.07, 6.45) is 5.57. The smallest absolute Gasteiger partial charge is 0.0106 e. The highest BCUT2D eigenvalue weighted by Gasteiger charge is 2.17. The van der Waals surface area contributed by atoms with Crippen LogP contribution in [0.15, 0.2) is 29.2 Å². The topological polar surface area (TPSA) is 12.0 Å². The lowest BCUT2D eigenvalue weighted by Crippen LogP contribution is -2.34. The summed E-state index contributed by atoms with van der Waals surface area (Å²) in [7, 11) is 0. The Morgan fingerprint density at radius 2 is 1.95 bits per heavy atom. The van der Waals surface area contributed by atoms with Crippen molar-refractivity contribution < 1.29 is 0 Å². The van der Waals surface area contributed by atoms with Gasteiger partial charge in [0.15, 0.2) is 0 Å². The molecule has 0 aliphatic heterocycles. The molecule has 1 nitrogen and oxygen atoms in total. The van der Waals surface area contributed by atoms with E-state index in [0.29, 0.717) is 5.92 Å². The summed E-state index contributed by atoms with van der Waals surface area (Å²) in [4.78, 5) is 1.40. The lowest BCUT2D eigenvalue weighted by atomic mass is 9.87. The number of rotatable bonds is 6. The molecule has 0 saturated heterocycles. The van der Waals surface area contributed by atoms with Crippen LogP contribution in [0, 0.1) is 5.92 Å². The fourth-order valence-corrected chi connectivity index (χ4v) is 3.78. The van der Waals surface area contributed by atoms with Crippen LogP contribution in [0.4, 0.5) is 0 Å². The molecular weight excluding hydrogens is 262 g/mol. The Bertz CT molecular complexity index is 385. The maximum Gasteiger partial charge on any atom is 0.0106 e. The number of thioether (sulfide) groups is 1. The van der Waals surface area contributed by atoms with E-state index in [0.717, 1.165) is 18.5 Å². The number of nitrogens with one attached hydrogen (secondary N) is 1. The molecule has 0 bridgehead atoms. The van der Waals surface area contributed by atoms with Crippen LogP contribution in [-0.4, -0.2) is 18.3 Å². The summed E-state index contributed by atoms with van der Waals surface area (Å²) in [5.74, 6) is 2.72. The lowest BCUT2D eigenvalue weighted by molar-refractivity contribution is 0.306. The van der Waals surface area contributed by atoms with Gasteiger partial charge in [0.25, 0.3) is 0 Å². The molecular formula is C18H29NS. The highest BCUT2D eigenvalue weighted by molar-refractivity contribution is 7.99. The predicted molar refractivity (Wildman–Crippen MR) is 90.7 cm³/mol. The maximum atomic E-state index is 3.73. The molecule has 1 saturated carbocycles. The molecule has 1 aromatic rings. The molecule has 20 heavy (non-hydrogen) atoms. The van der Waals surface area contributed by atoms with Crippen LogP contribution in [0.3, 0.4) is 0 Å². The number of benzene rings is 1. The zero-order valence-electron chi connectivity index (χ0n) is 13.2. The zero-order valence-corrected chi connectivity index (χ0v) is 14.0. The van der Waals surface area contributed by atoms with Gasteiger partial charge in [0.2, 0.25) is 0 Å². The van der Waals surface area contributed by atoms with Crippen molar-refractivity contribution in [1.29, 1.82) is 0 Å². The number of hydrogen-bond donors (Lipinski definition) is 1. The highest BCUT2D eigenvalue weighted by atomic mass is 32.2. The van der Waals surface area contributed by atoms with E-state index in [4.69, 9.17) is 0 Å². The van der Waals surface area contributed by atoms with Gasteiger partial charge in [-0.3, -0.25) is 0 Å². The van der Waals surface area contributed by atoms with Crippen molar-refractivity contribution in [3.8, 4) is 0 Å². The molecule has 1 N–H and O–H groups in total. The summed E-state index contributed by atoms with van der Waals surface area (Å²) in [6.45, 7) is 8.02. The minimum Gasteiger partial charge on any atom is -0.313 e. The third kappa shape index (κ3) is 5.14. The molecule has 2 heteroatoms. The maximum absolute atomic E-state index is 3.73. The molecule has 0 heterocycles. The van der Waals surface area contributed by atoms with Crippen LogP contribution >= 0.6 is 11.8 Å². The Morgan fingerprint density at radius 3 is 2.60 bits per heavy atom. The molecule has 1 fully saturated rings. The normalized spacial score (nSPS) is 23.2. The monoisotopic (exact) mass is 291 g/mol. The van der Waals surface area contributed by atoms with Gasteiger partial charge >= 0.3 is 0 Å². The van der Waals surface area contributed by atoms with Crippen LogP contribution in [-0.2, 0) is 0 Å². The van der Waals surface area contributed by atoms with Crippen molar-refractivity contribution in [3.63, 3.8) is 0 Å². The summed E-state index contributed by atoms with van der Waals surface area (Å²) in [5.41, 5.74) is 1.43. The standard InChI is InChI=1S/C18H29NS/c1-14(2)16-7-9-18(10-8-16)20-12-11-19-17-6-4-5-15(3)13-17/h7-10,14-15,17,19H,4-6,11-13H2,1-3H3. The molecule has 0 amide bonds. The minimum absolute atomic E-state index is 0.629. The third-order valence-electron chi connectivity index (χ3n) is 4.29. The summed E-state index contributed by atoms with van der Waals surface area (Å²) < 4.78 is 0. The van der Waals surface area contributed by atoms with Gasteiger partial charge in [0.05, 0.1) is 0 Å². The zero-order chi connectivity index (χ0) is 14.4. The summed E-state index contributed by atoms with van der Waals surface area (Å²) in [6, 6.07) is 9.83. The van der Waals surface area contributed by atoms with E-state index in [1.165, 1.54) is 41.9 Å². The van der Waals surface area contributed by atoms with Crippen LogP contribution < -0.4 is 5.32 Å². The highest BCUT2D eigenvalue weighted by Crippen LogP contribution is 2.24. The van der Waals surface area contributed by atoms with Crippen molar-refractivity contribution in [1.82, 2.24) is 5.32 Å². The van der Waals surface area contributed by atoms with Crippen LogP contribution in [0.25, 0.3) is 0 Å². The average molecular weight is 292 g/mol. The molecule has 2 unspecified atom stereocenters. The van der Waals surface area contributed by atoms with Crippen molar-refractivity contribution in [2.24, 2.45) is 5.92 Å². The van der Waals surface area contributed by atoms with Crippen LogP contribution in [0.5, 0.6) is 0 Å². The van der Waals surface area contributed by atoms with Gasteiger partial charge in [0.1, 0.15) is 0 Å². The molecule has 1 aliphatic carbocycles. The molecule has 0 radical (unpaired) electrons. The second-order valence-electron chi connectivity index (χ2n) is 6.50. The van der Waals surface area contributed by atoms with Crippen molar-refractivity contribution >= 4 is 11.8 Å². The molecule has 112 valence electrons. The molecule has 2 rings (SSSR count). The van der Waals surface area contributed by atoms with E-state index in [1.807, 2.05) is 11.8 Å². The van der Waals surface area contributed by atoms with Gasteiger partial charge in [-0.25, -0.2) is 0 Å². The first-order valence-corrected chi connectivity index (χ1v) is 9.10. The molecule has 2 atom stereocenters. The Labute approximate surface area is 128 Å². The van der Waals surface area contributed by atoms with Gasteiger partial charge in [-0.2, -0.15) is 0 Å². The predicted octanol–water partition coefficient (Wildman–Crippen LogP) is 5.07. The Morgan fingerprint density at radius 1 is 1.20 bits per heavy atom. The Hall–Kier alpha value is -0.470. The van der Waals surface area contributed by atoms with Gasteiger partial charge in [-0.1, -0.05) is 45.7 Å². The summed E-state index contributed by atoms with van der Waals surface area (Å²) >= 11 is 1.97. The van der Waals surface area contributed by atoms with Crippen LogP contribution in [0.1, 0.15) is 57.9 Å². The van der Waals surface area contributed by atoms with E-state index in [2.05, 4.69) is 50.4 Å². The van der Waals surface area contributed by atoms with Gasteiger partial charge < -0.3 is 5.32 Å². The van der Waals surface area contributed by atoms with Crippen LogP contribution in [0.2, 0.25) is 0 Å². The molecule has 0 spiro atoms. The minimum atomic E-state index is 0.629. The quantitative estimate of drug-likeness (QED) is 0.580. The first-order valence-electron chi connectivity index (χ1n) is 8.11. The average Bonchev–Trinajstić information content (AvgIpc) is 2.44. The first-order chi connectivity index (χ1) is 9.65. The van der Waals surface area contributed by atoms with Crippen molar-refractivity contribution in [2.75, 3.05) is 12.3 Å². The largest absolute Gasteiger partial charge is 0.313 e. The molecule has 1 aliphatic rings. The fourth-order valence-electron chi connectivity index (χ4n) is 3.00. The lowest BCUT2D eigenvalue weighted by Gasteiger charge is -2.27. The second kappa shape index (κ2) is 8.09. The first kappa shape index (κ1) is 15.9. The second-order valence-corrected chi connectivity index (χ2v) is 7.66. The van der Waals surface area contributed by atoms with Gasteiger partial charge in [-0.15, -0.1) is 11.8 Å². The van der Waals surface area contributed by atoms with E-state index < -0.39 is 0 Å². The van der Waals surface area contributed by atoms with E-state index in [9.17, 15) is 0 Å². The molecule has 0 aromatic heterocycles. The Kier molecular flexibility index (Phi) is 6.44. The third-order valence-corrected chi connectivity index (χ3v) is 5.30. The van der Waals surface area contributed by atoms with Gasteiger partial charge in [0, 0.05) is 23.2 Å². The van der Waals surface area contributed by atoms with E-state index >= 15 is 0 Å². The number of hydrogen-bond acceptors (Lipinski definition) is 2. The SMILES string of the molecule is CC1CCCC(NCCSc2ccc(C(C)C)cc2)C1. The van der Waals surface area contributed by atoms with Gasteiger partial charge in [-0.05, 0) is 42.4 Å². The fraction of sp³-hybridized carbons (Fsp3) is 0.667.